The number of nitrogens with zero attached hydrogens (tertiary/aromatic N) is 2. The molecule has 0 saturated carbocycles. The third-order valence-corrected chi connectivity index (χ3v) is 8.47. The molecule has 0 fully saturated rings. The average Bonchev–Trinajstić information content (AvgIpc) is 3.03. The normalized spacial score (nSPS) is 12.0. The quantitative estimate of drug-likeness (QED) is 0.207. The summed E-state index contributed by atoms with van der Waals surface area (Å²) in [6.45, 7) is 0. The van der Waals surface area contributed by atoms with Gasteiger partial charge >= 0.3 is 0 Å². The number of hydrogen-bond donors (Lipinski definition) is 0. The molecule has 7 aromatic carbocycles. The number of hydrogen-bond acceptors (Lipinski definition) is 2. The number of rotatable bonds is 1. The third-order valence-electron chi connectivity index (χ3n) is 8.47. The summed E-state index contributed by atoms with van der Waals surface area (Å²) in [5.74, 6) is 0. The van der Waals surface area contributed by atoms with Gasteiger partial charge in [0.15, 0.2) is 0 Å². The second-order valence-electron chi connectivity index (χ2n) is 10.6. The molecule has 0 saturated heterocycles. The summed E-state index contributed by atoms with van der Waals surface area (Å²) in [5, 5.41) is 15.0. The molecule has 0 amide bonds. The fourth-order valence-corrected chi connectivity index (χ4v) is 6.74. The molecule has 0 aliphatic rings. The Hall–Kier alpha value is -5.34. The second kappa shape index (κ2) is 8.08. The highest BCUT2D eigenvalue weighted by Crippen LogP contribution is 2.42. The first-order valence-corrected chi connectivity index (χ1v) is 13.7. The Morgan fingerprint density at radius 1 is 0.350 bits per heavy atom. The number of fused-ring (bicyclic) bond motifs is 8. The second-order valence-corrected chi connectivity index (χ2v) is 10.6. The van der Waals surface area contributed by atoms with Gasteiger partial charge in [0.25, 0.3) is 0 Å². The molecular formula is C38H22N2. The largest absolute Gasteiger partial charge is 0.254 e. The molecule has 2 nitrogen and oxygen atoms in total. The van der Waals surface area contributed by atoms with Crippen LogP contribution in [0.2, 0.25) is 0 Å². The number of aromatic nitrogens is 2. The Balaban J connectivity index is 1.51. The van der Waals surface area contributed by atoms with Gasteiger partial charge in [0.1, 0.15) is 0 Å². The molecule has 0 aliphatic heterocycles. The van der Waals surface area contributed by atoms with Crippen LogP contribution in [0, 0.1) is 0 Å². The standard InChI is InChI=1S/C38H22N2/c1-2-11-28-27(10-1)30-12-3-7-23-15-16-24-8-4-13-31(36(24)35(23)30)29-18-17-25(21-34(28)29)33-22-26-9-5-19-39-37(26)38-32(33)14-6-20-40-38/h1-22H. The first-order chi connectivity index (χ1) is 19.8. The predicted octanol–water partition coefficient (Wildman–Crippen LogP) is 10.2. The maximum absolute atomic E-state index is 4.76. The summed E-state index contributed by atoms with van der Waals surface area (Å²) in [6.07, 6.45) is 3.70. The Morgan fingerprint density at radius 3 is 1.68 bits per heavy atom. The van der Waals surface area contributed by atoms with Gasteiger partial charge in [-0.3, -0.25) is 9.97 Å². The zero-order valence-corrected chi connectivity index (χ0v) is 21.6. The van der Waals surface area contributed by atoms with Crippen LogP contribution in [0.4, 0.5) is 0 Å². The van der Waals surface area contributed by atoms with Crippen LogP contribution in [-0.4, -0.2) is 9.97 Å². The molecule has 0 aliphatic carbocycles. The minimum absolute atomic E-state index is 0.938. The van der Waals surface area contributed by atoms with E-state index in [1.807, 2.05) is 24.5 Å². The highest BCUT2D eigenvalue weighted by molar-refractivity contribution is 6.33. The van der Waals surface area contributed by atoms with Crippen molar-refractivity contribution in [3.8, 4) is 11.1 Å². The minimum atomic E-state index is 0.938. The maximum atomic E-state index is 4.76. The van der Waals surface area contributed by atoms with Crippen LogP contribution in [0.25, 0.3) is 86.8 Å². The van der Waals surface area contributed by atoms with Gasteiger partial charge in [0.2, 0.25) is 0 Å². The van der Waals surface area contributed by atoms with Crippen molar-refractivity contribution in [3.05, 3.63) is 134 Å². The molecule has 0 bridgehead atoms. The Kier molecular flexibility index (Phi) is 4.36. The van der Waals surface area contributed by atoms with E-state index in [1.165, 1.54) is 65.0 Å². The van der Waals surface area contributed by atoms with E-state index < -0.39 is 0 Å². The smallest absolute Gasteiger partial charge is 0.0970 e. The topological polar surface area (TPSA) is 25.8 Å². The van der Waals surface area contributed by atoms with Crippen molar-refractivity contribution < 1.29 is 0 Å². The molecule has 0 spiro atoms. The molecule has 2 heterocycles. The minimum Gasteiger partial charge on any atom is -0.254 e. The molecule has 2 heteroatoms. The first-order valence-electron chi connectivity index (χ1n) is 13.7. The Labute approximate surface area is 230 Å². The third kappa shape index (κ3) is 2.93. The first kappa shape index (κ1) is 21.6. The van der Waals surface area contributed by atoms with Gasteiger partial charge in [0, 0.05) is 23.2 Å². The highest BCUT2D eigenvalue weighted by atomic mass is 14.7. The van der Waals surface area contributed by atoms with Gasteiger partial charge in [0.05, 0.1) is 11.0 Å². The van der Waals surface area contributed by atoms with Crippen molar-refractivity contribution in [2.45, 2.75) is 0 Å². The molecule has 184 valence electrons. The van der Waals surface area contributed by atoms with Crippen LogP contribution in [-0.2, 0) is 0 Å². The summed E-state index contributed by atoms with van der Waals surface area (Å²) in [7, 11) is 0. The molecule has 0 N–H and O–H groups in total. The van der Waals surface area contributed by atoms with Gasteiger partial charge in [-0.15, -0.1) is 0 Å². The fourth-order valence-electron chi connectivity index (χ4n) is 6.74. The van der Waals surface area contributed by atoms with E-state index >= 15 is 0 Å². The number of pyridine rings is 2. The molecule has 2 aromatic heterocycles. The van der Waals surface area contributed by atoms with E-state index in [4.69, 9.17) is 4.98 Å². The van der Waals surface area contributed by atoms with Crippen molar-refractivity contribution in [2.24, 2.45) is 0 Å². The molecule has 9 aromatic rings. The SMILES string of the molecule is c1cnc2c(c1)cc(-c1ccc3c(c1)c1ccccc1c1cccc4ccc5cccc3c5c41)c1cccnc12. The van der Waals surface area contributed by atoms with E-state index in [-0.39, 0.29) is 0 Å². The Morgan fingerprint density at radius 2 is 0.925 bits per heavy atom. The summed E-state index contributed by atoms with van der Waals surface area (Å²) in [6, 6.07) is 44.3. The van der Waals surface area contributed by atoms with Crippen LogP contribution in [0.1, 0.15) is 0 Å². The number of benzene rings is 6. The summed E-state index contributed by atoms with van der Waals surface area (Å²) >= 11 is 0. The van der Waals surface area contributed by atoms with Crippen molar-refractivity contribution in [1.82, 2.24) is 9.97 Å². The lowest BCUT2D eigenvalue weighted by Crippen LogP contribution is -1.89. The van der Waals surface area contributed by atoms with E-state index in [0.717, 1.165) is 21.8 Å². The summed E-state index contributed by atoms with van der Waals surface area (Å²) < 4.78 is 0. The van der Waals surface area contributed by atoms with Gasteiger partial charge in [-0.25, -0.2) is 0 Å². The van der Waals surface area contributed by atoms with Crippen LogP contribution >= 0.6 is 0 Å². The van der Waals surface area contributed by atoms with Gasteiger partial charge in [-0.2, -0.15) is 0 Å². The monoisotopic (exact) mass is 506 g/mol. The average molecular weight is 507 g/mol. The summed E-state index contributed by atoms with van der Waals surface area (Å²) in [4.78, 5) is 9.42. The van der Waals surface area contributed by atoms with Gasteiger partial charge < -0.3 is 0 Å². The van der Waals surface area contributed by atoms with Crippen LogP contribution in [0.5, 0.6) is 0 Å². The predicted molar refractivity (Wildman–Crippen MR) is 170 cm³/mol. The van der Waals surface area contributed by atoms with E-state index in [2.05, 4.69) is 114 Å². The van der Waals surface area contributed by atoms with Crippen molar-refractivity contribution in [3.63, 3.8) is 0 Å². The molecule has 9 rings (SSSR count). The van der Waals surface area contributed by atoms with Crippen LogP contribution < -0.4 is 0 Å². The molecular weight excluding hydrogens is 484 g/mol. The molecule has 40 heavy (non-hydrogen) atoms. The van der Waals surface area contributed by atoms with Crippen LogP contribution in [0.15, 0.2) is 134 Å². The van der Waals surface area contributed by atoms with E-state index in [0.29, 0.717) is 0 Å². The zero-order valence-electron chi connectivity index (χ0n) is 21.6. The van der Waals surface area contributed by atoms with E-state index in [1.54, 1.807) is 0 Å². The Bertz CT molecular complexity index is 2490. The molecule has 0 atom stereocenters. The van der Waals surface area contributed by atoms with Crippen molar-refractivity contribution in [1.29, 1.82) is 0 Å². The lowest BCUT2D eigenvalue weighted by Gasteiger charge is -2.15. The fraction of sp³-hybridized carbons (Fsp3) is 0. The zero-order chi connectivity index (χ0) is 26.2. The van der Waals surface area contributed by atoms with Gasteiger partial charge in [-0.1, -0.05) is 97.1 Å². The lowest BCUT2D eigenvalue weighted by atomic mass is 9.89. The molecule has 0 radical (unpaired) electrons. The molecule has 0 unspecified atom stereocenters. The van der Waals surface area contributed by atoms with Gasteiger partial charge in [-0.05, 0) is 89.3 Å². The van der Waals surface area contributed by atoms with E-state index in [9.17, 15) is 0 Å². The van der Waals surface area contributed by atoms with Crippen molar-refractivity contribution >= 4 is 75.7 Å². The maximum Gasteiger partial charge on any atom is 0.0970 e. The highest BCUT2D eigenvalue weighted by Gasteiger charge is 2.15. The van der Waals surface area contributed by atoms with Crippen molar-refractivity contribution in [2.75, 3.05) is 0 Å². The van der Waals surface area contributed by atoms with Crippen LogP contribution in [0.3, 0.4) is 0 Å². The lowest BCUT2D eigenvalue weighted by molar-refractivity contribution is 1.37. The summed E-state index contributed by atoms with van der Waals surface area (Å²) in [5.41, 5.74) is 4.23.